The fourth-order valence-corrected chi connectivity index (χ4v) is 0.764. The molecule has 3 nitrogen and oxygen atoms in total. The Hall–Kier alpha value is -1.77. The fourth-order valence-electron chi connectivity index (χ4n) is 0.764. The van der Waals surface area contributed by atoms with Gasteiger partial charge in [-0.2, -0.15) is 0 Å². The molecule has 0 radical (unpaired) electrons. The Morgan fingerprint density at radius 2 is 1.92 bits per heavy atom. The maximum absolute atomic E-state index is 10.3. The van der Waals surface area contributed by atoms with E-state index in [4.69, 9.17) is 10.8 Å². The van der Waals surface area contributed by atoms with Crippen LogP contribution in [-0.4, -0.2) is 11.0 Å². The molecule has 0 saturated heterocycles. The molecule has 1 rings (SSSR count). The van der Waals surface area contributed by atoms with E-state index < -0.39 is 5.91 Å². The molecular formula is C9H9NO2. The van der Waals surface area contributed by atoms with Gasteiger partial charge in [-0.25, -0.2) is 0 Å². The first-order valence-electron chi connectivity index (χ1n) is 3.45. The van der Waals surface area contributed by atoms with Crippen molar-refractivity contribution in [1.82, 2.24) is 0 Å². The first-order valence-corrected chi connectivity index (χ1v) is 3.45. The molecule has 0 unspecified atom stereocenters. The topological polar surface area (TPSA) is 63.3 Å². The van der Waals surface area contributed by atoms with E-state index in [9.17, 15) is 4.79 Å². The number of nitrogens with two attached hydrogens (primary N) is 1. The van der Waals surface area contributed by atoms with E-state index >= 15 is 0 Å². The van der Waals surface area contributed by atoms with E-state index in [1.807, 2.05) is 0 Å². The van der Waals surface area contributed by atoms with Crippen molar-refractivity contribution in [2.45, 2.75) is 0 Å². The third-order valence-corrected chi connectivity index (χ3v) is 1.33. The van der Waals surface area contributed by atoms with Gasteiger partial charge in [0.15, 0.2) is 0 Å². The van der Waals surface area contributed by atoms with Crippen LogP contribution in [0, 0.1) is 0 Å². The summed E-state index contributed by atoms with van der Waals surface area (Å²) in [5, 5.41) is 8.92. The van der Waals surface area contributed by atoms with Crippen LogP contribution in [-0.2, 0) is 4.79 Å². The lowest BCUT2D eigenvalue weighted by atomic mass is 10.2. The Morgan fingerprint density at radius 1 is 1.33 bits per heavy atom. The summed E-state index contributed by atoms with van der Waals surface area (Å²) in [7, 11) is 0. The van der Waals surface area contributed by atoms with Gasteiger partial charge in [0.2, 0.25) is 5.91 Å². The summed E-state index contributed by atoms with van der Waals surface area (Å²) in [4.78, 5) is 10.3. The zero-order chi connectivity index (χ0) is 8.97. The third-order valence-electron chi connectivity index (χ3n) is 1.33. The lowest BCUT2D eigenvalue weighted by Gasteiger charge is -1.92. The number of phenols is 1. The van der Waals surface area contributed by atoms with Gasteiger partial charge in [0.05, 0.1) is 0 Å². The maximum Gasteiger partial charge on any atom is 0.241 e. The molecule has 0 spiro atoms. The van der Waals surface area contributed by atoms with Gasteiger partial charge in [-0.05, 0) is 23.8 Å². The summed E-state index contributed by atoms with van der Waals surface area (Å²) < 4.78 is 0. The molecule has 0 atom stereocenters. The number of carbonyl (C=O) groups is 1. The van der Waals surface area contributed by atoms with Crippen molar-refractivity contribution in [3.63, 3.8) is 0 Å². The number of benzene rings is 1. The first kappa shape index (κ1) is 8.33. The highest BCUT2D eigenvalue weighted by atomic mass is 16.3. The summed E-state index contributed by atoms with van der Waals surface area (Å²) in [5.41, 5.74) is 5.72. The quantitative estimate of drug-likeness (QED) is 0.636. The molecule has 62 valence electrons. The molecule has 3 heteroatoms. The summed E-state index contributed by atoms with van der Waals surface area (Å²) in [5.74, 6) is -0.283. The van der Waals surface area contributed by atoms with Gasteiger partial charge in [0.25, 0.3) is 0 Å². The fraction of sp³-hybridized carbons (Fsp3) is 0. The molecule has 0 aliphatic carbocycles. The van der Waals surface area contributed by atoms with Crippen LogP contribution in [0.3, 0.4) is 0 Å². The van der Waals surface area contributed by atoms with E-state index in [0.29, 0.717) is 0 Å². The summed E-state index contributed by atoms with van der Waals surface area (Å²) in [6.07, 6.45) is 2.86. The van der Waals surface area contributed by atoms with E-state index in [1.165, 1.54) is 6.08 Å². The van der Waals surface area contributed by atoms with E-state index in [0.717, 1.165) is 5.56 Å². The maximum atomic E-state index is 10.3. The lowest BCUT2D eigenvalue weighted by molar-refractivity contribution is -0.113. The van der Waals surface area contributed by atoms with Crippen LogP contribution >= 0.6 is 0 Å². The summed E-state index contributed by atoms with van der Waals surface area (Å²) in [6.45, 7) is 0. The summed E-state index contributed by atoms with van der Waals surface area (Å²) in [6, 6.07) is 6.46. The van der Waals surface area contributed by atoms with Gasteiger partial charge in [-0.3, -0.25) is 4.79 Å². The van der Waals surface area contributed by atoms with Crippen LogP contribution in [0.5, 0.6) is 5.75 Å². The Kier molecular flexibility index (Phi) is 2.48. The van der Waals surface area contributed by atoms with Gasteiger partial charge in [0.1, 0.15) is 5.75 Å². The SMILES string of the molecule is NC(=O)C=Cc1ccc(O)cc1. The predicted octanol–water partition coefficient (Wildman–Crippen LogP) is 0.891. The van der Waals surface area contributed by atoms with Crippen LogP contribution in [0.25, 0.3) is 6.08 Å². The number of aromatic hydroxyl groups is 1. The smallest absolute Gasteiger partial charge is 0.241 e. The molecule has 0 aliphatic rings. The molecule has 0 aliphatic heterocycles. The average molecular weight is 163 g/mol. The molecule has 0 fully saturated rings. The third kappa shape index (κ3) is 2.46. The largest absolute Gasteiger partial charge is 0.508 e. The van der Waals surface area contributed by atoms with Crippen molar-refractivity contribution >= 4 is 12.0 Å². The van der Waals surface area contributed by atoms with Crippen molar-refractivity contribution in [1.29, 1.82) is 0 Å². The number of hydrogen-bond donors (Lipinski definition) is 2. The Bertz CT molecular complexity index is 301. The van der Waals surface area contributed by atoms with Gasteiger partial charge < -0.3 is 10.8 Å². The van der Waals surface area contributed by atoms with Crippen molar-refractivity contribution in [2.24, 2.45) is 5.73 Å². The average Bonchev–Trinajstić information content (AvgIpc) is 2.03. The number of phenolic OH excluding ortho intramolecular Hbond substituents is 1. The number of carbonyl (C=O) groups excluding carboxylic acids is 1. The molecule has 0 bridgehead atoms. The first-order chi connectivity index (χ1) is 5.68. The van der Waals surface area contributed by atoms with Gasteiger partial charge in [0, 0.05) is 6.08 Å². The monoisotopic (exact) mass is 163 g/mol. The van der Waals surface area contributed by atoms with Crippen LogP contribution in [0.4, 0.5) is 0 Å². The molecule has 1 aromatic carbocycles. The van der Waals surface area contributed by atoms with E-state index in [1.54, 1.807) is 30.3 Å². The second-order valence-electron chi connectivity index (χ2n) is 2.33. The van der Waals surface area contributed by atoms with E-state index in [2.05, 4.69) is 0 Å². The molecule has 1 aromatic rings. The number of hydrogen-bond acceptors (Lipinski definition) is 2. The highest BCUT2D eigenvalue weighted by molar-refractivity contribution is 5.90. The molecule has 0 aromatic heterocycles. The number of primary amides is 1. The van der Waals surface area contributed by atoms with Crippen LogP contribution in [0.1, 0.15) is 5.56 Å². The molecule has 0 heterocycles. The minimum atomic E-state index is -0.483. The minimum Gasteiger partial charge on any atom is -0.508 e. The highest BCUT2D eigenvalue weighted by Gasteiger charge is 1.88. The Labute approximate surface area is 70.1 Å². The zero-order valence-electron chi connectivity index (χ0n) is 6.40. The van der Waals surface area contributed by atoms with Crippen molar-refractivity contribution in [3.8, 4) is 5.75 Å². The van der Waals surface area contributed by atoms with Crippen molar-refractivity contribution in [2.75, 3.05) is 0 Å². The second kappa shape index (κ2) is 3.57. The molecule has 1 amide bonds. The van der Waals surface area contributed by atoms with Crippen LogP contribution in [0.15, 0.2) is 30.3 Å². The second-order valence-corrected chi connectivity index (χ2v) is 2.33. The van der Waals surface area contributed by atoms with Gasteiger partial charge in [-0.1, -0.05) is 12.1 Å². The van der Waals surface area contributed by atoms with Gasteiger partial charge in [-0.15, -0.1) is 0 Å². The van der Waals surface area contributed by atoms with Crippen LogP contribution in [0.2, 0.25) is 0 Å². The molecule has 12 heavy (non-hydrogen) atoms. The lowest BCUT2D eigenvalue weighted by Crippen LogP contribution is -2.04. The molecule has 3 N–H and O–H groups in total. The minimum absolute atomic E-state index is 0.200. The number of amides is 1. The molecule has 0 saturated carbocycles. The van der Waals surface area contributed by atoms with Crippen molar-refractivity contribution in [3.05, 3.63) is 35.9 Å². The van der Waals surface area contributed by atoms with Crippen molar-refractivity contribution < 1.29 is 9.90 Å². The number of rotatable bonds is 2. The summed E-state index contributed by atoms with van der Waals surface area (Å²) >= 11 is 0. The zero-order valence-corrected chi connectivity index (χ0v) is 6.40. The molecular weight excluding hydrogens is 154 g/mol. The Morgan fingerprint density at radius 3 is 2.42 bits per heavy atom. The Balaban J connectivity index is 2.77. The highest BCUT2D eigenvalue weighted by Crippen LogP contribution is 2.10. The normalized spacial score (nSPS) is 10.3. The predicted molar refractivity (Wildman–Crippen MR) is 46.3 cm³/mol. The van der Waals surface area contributed by atoms with Gasteiger partial charge >= 0.3 is 0 Å². The van der Waals surface area contributed by atoms with Crippen LogP contribution < -0.4 is 5.73 Å². The van der Waals surface area contributed by atoms with E-state index in [-0.39, 0.29) is 5.75 Å². The standard InChI is InChI=1S/C9H9NO2/c10-9(12)6-3-7-1-4-8(11)5-2-7/h1-6,11H,(H2,10,12).